The molecule has 4 nitrogen and oxygen atoms in total. The van der Waals surface area contributed by atoms with Crippen molar-refractivity contribution < 1.29 is 0 Å². The lowest BCUT2D eigenvalue weighted by Gasteiger charge is -2.22. The topological polar surface area (TPSA) is 49.8 Å². The van der Waals surface area contributed by atoms with Crippen molar-refractivity contribution in [2.24, 2.45) is 5.92 Å². The number of nitrogens with zero attached hydrogens (tertiary/aromatic N) is 2. The summed E-state index contributed by atoms with van der Waals surface area (Å²) in [5, 5.41) is 8.16. The number of hydrogen-bond donors (Lipinski definition) is 2. The van der Waals surface area contributed by atoms with Gasteiger partial charge in [-0.25, -0.2) is 9.97 Å². The fourth-order valence-corrected chi connectivity index (χ4v) is 3.70. The van der Waals surface area contributed by atoms with Crippen LogP contribution in [0.5, 0.6) is 0 Å². The standard InChI is InChI=1S/C22H26N4/c1-2-10-18(11-3-1)21-25-20-13-5-4-12-19(20)22(26-21)24-15-7-9-17-8-6-14-23-16-17/h1-5,10-13,17,23H,6-9,14-16H2,(H,24,25,26). The van der Waals surface area contributed by atoms with Gasteiger partial charge in [0.15, 0.2) is 5.82 Å². The summed E-state index contributed by atoms with van der Waals surface area (Å²) in [7, 11) is 0. The van der Waals surface area contributed by atoms with Crippen LogP contribution in [-0.2, 0) is 0 Å². The van der Waals surface area contributed by atoms with Gasteiger partial charge >= 0.3 is 0 Å². The number of rotatable bonds is 6. The Morgan fingerprint density at radius 1 is 1.00 bits per heavy atom. The summed E-state index contributed by atoms with van der Waals surface area (Å²) in [4.78, 5) is 9.57. The number of hydrogen-bond acceptors (Lipinski definition) is 4. The van der Waals surface area contributed by atoms with Crippen LogP contribution >= 0.6 is 0 Å². The van der Waals surface area contributed by atoms with Gasteiger partial charge in [0.25, 0.3) is 0 Å². The third kappa shape index (κ3) is 4.02. The van der Waals surface area contributed by atoms with E-state index in [1.807, 2.05) is 30.3 Å². The highest BCUT2D eigenvalue weighted by Gasteiger charge is 2.13. The molecule has 0 spiro atoms. The van der Waals surface area contributed by atoms with Crippen LogP contribution in [-0.4, -0.2) is 29.6 Å². The van der Waals surface area contributed by atoms with Gasteiger partial charge in [-0.1, -0.05) is 42.5 Å². The molecule has 2 aromatic carbocycles. The number of piperidine rings is 1. The SMILES string of the molecule is c1ccc(-c2nc(NCCCC3CCCNC3)c3ccccc3n2)cc1. The van der Waals surface area contributed by atoms with E-state index in [-0.39, 0.29) is 0 Å². The van der Waals surface area contributed by atoms with Crippen LogP contribution in [0.3, 0.4) is 0 Å². The molecule has 1 fully saturated rings. The van der Waals surface area contributed by atoms with Gasteiger partial charge < -0.3 is 10.6 Å². The Bertz CT molecular complexity index is 841. The molecule has 0 amide bonds. The zero-order valence-electron chi connectivity index (χ0n) is 15.1. The molecule has 1 aliphatic heterocycles. The average Bonchev–Trinajstić information content (AvgIpc) is 2.72. The van der Waals surface area contributed by atoms with E-state index in [2.05, 4.69) is 34.9 Å². The zero-order chi connectivity index (χ0) is 17.6. The van der Waals surface area contributed by atoms with Crippen LogP contribution in [0.4, 0.5) is 5.82 Å². The zero-order valence-corrected chi connectivity index (χ0v) is 15.1. The first-order valence-electron chi connectivity index (χ1n) is 9.67. The van der Waals surface area contributed by atoms with Gasteiger partial charge in [-0.2, -0.15) is 0 Å². The first-order valence-corrected chi connectivity index (χ1v) is 9.67. The molecular formula is C22H26N4. The molecule has 0 radical (unpaired) electrons. The highest BCUT2D eigenvalue weighted by molar-refractivity contribution is 5.90. The quantitative estimate of drug-likeness (QED) is 0.646. The number of benzene rings is 2. The van der Waals surface area contributed by atoms with Crippen molar-refractivity contribution in [3.63, 3.8) is 0 Å². The predicted octanol–water partition coefficient (Wildman–Crippen LogP) is 4.49. The van der Waals surface area contributed by atoms with Crippen LogP contribution in [0.1, 0.15) is 25.7 Å². The summed E-state index contributed by atoms with van der Waals surface area (Å²) in [5.74, 6) is 2.55. The van der Waals surface area contributed by atoms with Crippen molar-refractivity contribution in [2.75, 3.05) is 25.0 Å². The Morgan fingerprint density at radius 2 is 1.85 bits per heavy atom. The van der Waals surface area contributed by atoms with E-state index in [4.69, 9.17) is 9.97 Å². The number of aromatic nitrogens is 2. The van der Waals surface area contributed by atoms with Gasteiger partial charge in [0.1, 0.15) is 5.82 Å². The van der Waals surface area contributed by atoms with Gasteiger partial charge in [0.2, 0.25) is 0 Å². The van der Waals surface area contributed by atoms with Gasteiger partial charge in [0, 0.05) is 17.5 Å². The predicted molar refractivity (Wildman–Crippen MR) is 108 cm³/mol. The highest BCUT2D eigenvalue weighted by atomic mass is 15.0. The molecule has 1 atom stereocenters. The summed E-state index contributed by atoms with van der Waals surface area (Å²) < 4.78 is 0. The normalized spacial score (nSPS) is 17.3. The number of para-hydroxylation sites is 1. The average molecular weight is 346 g/mol. The molecule has 2 N–H and O–H groups in total. The summed E-state index contributed by atoms with van der Waals surface area (Å²) in [6, 6.07) is 18.4. The number of fused-ring (bicyclic) bond motifs is 1. The molecule has 1 saturated heterocycles. The Kier molecular flexibility index (Phi) is 5.41. The van der Waals surface area contributed by atoms with Gasteiger partial charge in [0.05, 0.1) is 5.52 Å². The first-order chi connectivity index (χ1) is 12.9. The third-order valence-corrected chi connectivity index (χ3v) is 5.12. The minimum absolute atomic E-state index is 0.781. The van der Waals surface area contributed by atoms with Crippen LogP contribution in [0.25, 0.3) is 22.3 Å². The second-order valence-electron chi connectivity index (χ2n) is 7.06. The maximum Gasteiger partial charge on any atom is 0.162 e. The Morgan fingerprint density at radius 3 is 2.69 bits per heavy atom. The van der Waals surface area contributed by atoms with Gasteiger partial charge in [-0.05, 0) is 56.8 Å². The Balaban J connectivity index is 1.49. The Hall–Kier alpha value is -2.46. The molecule has 0 aliphatic carbocycles. The second kappa shape index (κ2) is 8.28. The summed E-state index contributed by atoms with van der Waals surface area (Å²) in [5.41, 5.74) is 2.04. The van der Waals surface area contributed by atoms with E-state index in [1.165, 1.54) is 38.8 Å². The van der Waals surface area contributed by atoms with Gasteiger partial charge in [-0.3, -0.25) is 0 Å². The molecule has 1 aliphatic rings. The van der Waals surface area contributed by atoms with Crippen molar-refractivity contribution >= 4 is 16.7 Å². The van der Waals surface area contributed by atoms with Crippen molar-refractivity contribution in [1.29, 1.82) is 0 Å². The summed E-state index contributed by atoms with van der Waals surface area (Å²) >= 11 is 0. The van der Waals surface area contributed by atoms with E-state index in [9.17, 15) is 0 Å². The van der Waals surface area contributed by atoms with E-state index < -0.39 is 0 Å². The molecule has 4 heteroatoms. The smallest absolute Gasteiger partial charge is 0.162 e. The molecule has 3 aromatic rings. The van der Waals surface area contributed by atoms with Crippen LogP contribution in [0, 0.1) is 5.92 Å². The van der Waals surface area contributed by atoms with Crippen LogP contribution in [0.15, 0.2) is 54.6 Å². The highest BCUT2D eigenvalue weighted by Crippen LogP contribution is 2.25. The minimum Gasteiger partial charge on any atom is -0.369 e. The monoisotopic (exact) mass is 346 g/mol. The van der Waals surface area contributed by atoms with E-state index in [0.29, 0.717) is 0 Å². The van der Waals surface area contributed by atoms with E-state index in [1.54, 1.807) is 0 Å². The number of anilines is 1. The fraction of sp³-hybridized carbons (Fsp3) is 0.364. The largest absolute Gasteiger partial charge is 0.369 e. The maximum atomic E-state index is 4.82. The molecule has 2 heterocycles. The van der Waals surface area contributed by atoms with Crippen molar-refractivity contribution in [3.05, 3.63) is 54.6 Å². The molecule has 0 saturated carbocycles. The van der Waals surface area contributed by atoms with E-state index >= 15 is 0 Å². The molecule has 0 bridgehead atoms. The molecular weight excluding hydrogens is 320 g/mol. The lowest BCUT2D eigenvalue weighted by molar-refractivity contribution is 0.353. The van der Waals surface area contributed by atoms with Crippen LogP contribution < -0.4 is 10.6 Å². The van der Waals surface area contributed by atoms with Crippen molar-refractivity contribution in [3.8, 4) is 11.4 Å². The molecule has 26 heavy (non-hydrogen) atoms. The molecule has 1 unspecified atom stereocenters. The molecule has 4 rings (SSSR count). The second-order valence-corrected chi connectivity index (χ2v) is 7.06. The molecule has 1 aromatic heterocycles. The van der Waals surface area contributed by atoms with E-state index in [0.717, 1.165) is 40.6 Å². The summed E-state index contributed by atoms with van der Waals surface area (Å²) in [6.45, 7) is 3.31. The van der Waals surface area contributed by atoms with Crippen molar-refractivity contribution in [2.45, 2.75) is 25.7 Å². The molecule has 134 valence electrons. The number of nitrogens with one attached hydrogen (secondary N) is 2. The lowest BCUT2D eigenvalue weighted by Crippen LogP contribution is -2.29. The fourth-order valence-electron chi connectivity index (χ4n) is 3.70. The Labute approximate surface area is 155 Å². The first kappa shape index (κ1) is 17.0. The minimum atomic E-state index is 0.781. The van der Waals surface area contributed by atoms with Gasteiger partial charge in [-0.15, -0.1) is 0 Å². The van der Waals surface area contributed by atoms with Crippen LogP contribution in [0.2, 0.25) is 0 Å². The summed E-state index contributed by atoms with van der Waals surface area (Å²) in [6.07, 6.45) is 5.12. The lowest BCUT2D eigenvalue weighted by atomic mass is 9.95. The van der Waals surface area contributed by atoms with Crippen molar-refractivity contribution in [1.82, 2.24) is 15.3 Å². The maximum absolute atomic E-state index is 4.82. The third-order valence-electron chi connectivity index (χ3n) is 5.12.